The Morgan fingerprint density at radius 3 is 2.53 bits per heavy atom. The molecule has 0 unspecified atom stereocenters. The number of carbonyl (C=O) groups excluding carboxylic acids is 1. The first-order valence-electron chi connectivity index (χ1n) is 9.41. The molecule has 1 aromatic carbocycles. The van der Waals surface area contributed by atoms with Gasteiger partial charge in [-0.25, -0.2) is 8.42 Å². The Morgan fingerprint density at radius 2 is 1.97 bits per heavy atom. The smallest absolute Gasteiger partial charge is 0.246 e. The number of benzene rings is 1. The van der Waals surface area contributed by atoms with Gasteiger partial charge in [0.1, 0.15) is 6.04 Å². The third kappa shape index (κ3) is 5.06. The van der Waals surface area contributed by atoms with Crippen LogP contribution < -0.4 is 9.62 Å². The predicted molar refractivity (Wildman–Crippen MR) is 117 cm³/mol. The topological polar surface area (TPSA) is 105 Å². The van der Waals surface area contributed by atoms with Crippen LogP contribution in [0.4, 0.5) is 5.69 Å². The number of nitrogens with zero attached hydrogens (tertiary/aromatic N) is 3. The summed E-state index contributed by atoms with van der Waals surface area (Å²) in [4.78, 5) is 18.0. The summed E-state index contributed by atoms with van der Waals surface area (Å²) in [5.41, 5.74) is 2.30. The number of thiophene rings is 1. The lowest BCUT2D eigenvalue weighted by Crippen LogP contribution is -2.49. The first-order chi connectivity index (χ1) is 14.2. The maximum atomic E-state index is 12.9. The SMILES string of the molecule is CC[C@@H](C(=O)NCc1nc(-c2cccs2)no1)N(c1cc(C)cc(C)c1)S(C)(=O)=O. The molecule has 10 heteroatoms. The number of hydrogen-bond donors (Lipinski definition) is 1. The molecule has 0 aliphatic carbocycles. The minimum Gasteiger partial charge on any atom is -0.345 e. The van der Waals surface area contributed by atoms with Gasteiger partial charge in [-0.1, -0.05) is 24.2 Å². The fourth-order valence-electron chi connectivity index (χ4n) is 3.25. The Balaban J connectivity index is 1.79. The van der Waals surface area contributed by atoms with E-state index >= 15 is 0 Å². The molecule has 8 nitrogen and oxygen atoms in total. The van der Waals surface area contributed by atoms with Crippen LogP contribution in [0.5, 0.6) is 0 Å². The lowest BCUT2D eigenvalue weighted by molar-refractivity contribution is -0.122. The molecular formula is C20H24N4O4S2. The van der Waals surface area contributed by atoms with Crippen molar-refractivity contribution in [3.63, 3.8) is 0 Å². The quantitative estimate of drug-likeness (QED) is 0.567. The standard InChI is InChI=1S/C20H24N4O4S2/c1-5-16(24(30(4,26)27)15-10-13(2)9-14(3)11-15)20(25)21-12-18-22-19(23-28-18)17-7-6-8-29-17/h6-11,16H,5,12H2,1-4H3,(H,21,25)/t16-/m0/s1. The number of rotatable bonds is 8. The van der Waals surface area contributed by atoms with Crippen LogP contribution in [0.2, 0.25) is 0 Å². The van der Waals surface area contributed by atoms with Gasteiger partial charge in [-0.3, -0.25) is 9.10 Å². The van der Waals surface area contributed by atoms with Crippen molar-refractivity contribution in [3.05, 3.63) is 52.7 Å². The second-order valence-corrected chi connectivity index (χ2v) is 9.84. The Labute approximate surface area is 180 Å². The molecule has 0 radical (unpaired) electrons. The molecule has 2 aromatic heterocycles. The summed E-state index contributed by atoms with van der Waals surface area (Å²) in [7, 11) is -3.69. The molecule has 0 saturated carbocycles. The zero-order valence-corrected chi connectivity index (χ0v) is 18.9. The van der Waals surface area contributed by atoms with Gasteiger partial charge in [-0.05, 0) is 55.0 Å². The molecule has 30 heavy (non-hydrogen) atoms. The van der Waals surface area contributed by atoms with E-state index in [0.29, 0.717) is 17.9 Å². The minimum atomic E-state index is -3.69. The molecule has 160 valence electrons. The fraction of sp³-hybridized carbons (Fsp3) is 0.350. The molecule has 2 heterocycles. The summed E-state index contributed by atoms with van der Waals surface area (Å²) >= 11 is 1.48. The van der Waals surface area contributed by atoms with Crippen molar-refractivity contribution in [2.75, 3.05) is 10.6 Å². The summed E-state index contributed by atoms with van der Waals surface area (Å²) in [6, 6.07) is 8.33. The highest BCUT2D eigenvalue weighted by atomic mass is 32.2. The lowest BCUT2D eigenvalue weighted by atomic mass is 10.1. The Hall–Kier alpha value is -2.72. The number of hydrogen-bond acceptors (Lipinski definition) is 7. The number of aromatic nitrogens is 2. The average molecular weight is 449 g/mol. The molecule has 1 N–H and O–H groups in total. The average Bonchev–Trinajstić information content (AvgIpc) is 3.33. The number of amides is 1. The molecular weight excluding hydrogens is 424 g/mol. The Morgan fingerprint density at radius 1 is 1.27 bits per heavy atom. The van der Waals surface area contributed by atoms with E-state index in [0.717, 1.165) is 22.3 Å². The van der Waals surface area contributed by atoms with Gasteiger partial charge in [0.25, 0.3) is 0 Å². The highest BCUT2D eigenvalue weighted by molar-refractivity contribution is 7.92. The van der Waals surface area contributed by atoms with Crippen molar-refractivity contribution in [3.8, 4) is 10.7 Å². The van der Waals surface area contributed by atoms with Crippen LogP contribution in [0.25, 0.3) is 10.7 Å². The van der Waals surface area contributed by atoms with E-state index in [1.54, 1.807) is 19.1 Å². The van der Waals surface area contributed by atoms with Crippen molar-refractivity contribution in [1.29, 1.82) is 0 Å². The summed E-state index contributed by atoms with van der Waals surface area (Å²) in [6.45, 7) is 5.56. The second kappa shape index (κ2) is 8.97. The first kappa shape index (κ1) is 22.0. The zero-order valence-electron chi connectivity index (χ0n) is 17.2. The van der Waals surface area contributed by atoms with E-state index in [1.807, 2.05) is 37.4 Å². The number of carbonyl (C=O) groups is 1. The van der Waals surface area contributed by atoms with Crippen LogP contribution in [0, 0.1) is 13.8 Å². The van der Waals surface area contributed by atoms with E-state index < -0.39 is 22.0 Å². The van der Waals surface area contributed by atoms with Gasteiger partial charge in [-0.2, -0.15) is 4.98 Å². The van der Waals surface area contributed by atoms with Gasteiger partial charge < -0.3 is 9.84 Å². The van der Waals surface area contributed by atoms with E-state index in [1.165, 1.54) is 15.6 Å². The molecule has 0 spiro atoms. The van der Waals surface area contributed by atoms with E-state index in [9.17, 15) is 13.2 Å². The summed E-state index contributed by atoms with van der Waals surface area (Å²) in [5, 5.41) is 8.54. The highest BCUT2D eigenvalue weighted by Crippen LogP contribution is 2.25. The molecule has 0 aliphatic heterocycles. The van der Waals surface area contributed by atoms with Gasteiger partial charge in [-0.15, -0.1) is 11.3 Å². The molecule has 3 aromatic rings. The van der Waals surface area contributed by atoms with Crippen LogP contribution in [0.15, 0.2) is 40.2 Å². The van der Waals surface area contributed by atoms with Gasteiger partial charge in [0.05, 0.1) is 23.4 Å². The maximum Gasteiger partial charge on any atom is 0.246 e. The molecule has 3 rings (SSSR count). The van der Waals surface area contributed by atoms with Crippen LogP contribution in [-0.4, -0.2) is 36.8 Å². The maximum absolute atomic E-state index is 12.9. The molecule has 0 bridgehead atoms. The number of nitrogens with one attached hydrogen (secondary N) is 1. The van der Waals surface area contributed by atoms with E-state index in [4.69, 9.17) is 4.52 Å². The van der Waals surface area contributed by atoms with Crippen LogP contribution in [0.1, 0.15) is 30.4 Å². The Bertz CT molecular complexity index is 1100. The third-order valence-corrected chi connectivity index (χ3v) is 6.46. The van der Waals surface area contributed by atoms with Gasteiger partial charge in [0.15, 0.2) is 0 Å². The van der Waals surface area contributed by atoms with E-state index in [2.05, 4.69) is 15.5 Å². The largest absolute Gasteiger partial charge is 0.345 e. The summed E-state index contributed by atoms with van der Waals surface area (Å²) < 4.78 is 31.5. The fourth-order valence-corrected chi connectivity index (χ4v) is 5.10. The van der Waals surface area contributed by atoms with Gasteiger partial charge in [0, 0.05) is 0 Å². The number of sulfonamides is 1. The van der Waals surface area contributed by atoms with Crippen molar-refractivity contribution in [2.45, 2.75) is 39.8 Å². The lowest BCUT2D eigenvalue weighted by Gasteiger charge is -2.30. The van der Waals surface area contributed by atoms with Crippen molar-refractivity contribution in [1.82, 2.24) is 15.5 Å². The summed E-state index contributed by atoms with van der Waals surface area (Å²) in [6.07, 6.45) is 1.40. The van der Waals surface area contributed by atoms with Crippen molar-refractivity contribution >= 4 is 33.0 Å². The third-order valence-electron chi connectivity index (χ3n) is 4.41. The van der Waals surface area contributed by atoms with Crippen molar-refractivity contribution in [2.24, 2.45) is 0 Å². The van der Waals surface area contributed by atoms with E-state index in [-0.39, 0.29) is 12.4 Å². The normalized spacial score (nSPS) is 12.5. The highest BCUT2D eigenvalue weighted by Gasteiger charge is 2.31. The minimum absolute atomic E-state index is 0.0121. The second-order valence-electron chi connectivity index (χ2n) is 7.04. The van der Waals surface area contributed by atoms with Crippen LogP contribution in [0.3, 0.4) is 0 Å². The van der Waals surface area contributed by atoms with Gasteiger partial charge >= 0.3 is 0 Å². The van der Waals surface area contributed by atoms with Crippen LogP contribution >= 0.6 is 11.3 Å². The summed E-state index contributed by atoms with van der Waals surface area (Å²) in [5.74, 6) is 0.270. The molecule has 1 atom stereocenters. The predicted octanol–water partition coefficient (Wildman–Crippen LogP) is 3.28. The Kier molecular flexibility index (Phi) is 6.57. The molecule has 0 saturated heterocycles. The first-order valence-corrected chi connectivity index (χ1v) is 12.1. The zero-order chi connectivity index (χ0) is 21.9. The van der Waals surface area contributed by atoms with Crippen LogP contribution in [-0.2, 0) is 21.4 Å². The van der Waals surface area contributed by atoms with Crippen molar-refractivity contribution < 1.29 is 17.7 Å². The monoisotopic (exact) mass is 448 g/mol. The molecule has 0 aliphatic rings. The molecule has 1 amide bonds. The number of aryl methyl sites for hydroxylation is 2. The number of anilines is 1. The molecule has 0 fully saturated rings. The van der Waals surface area contributed by atoms with Gasteiger partial charge in [0.2, 0.25) is 27.6 Å².